The molecule has 3 N–H and O–H groups in total. The Kier molecular flexibility index (Phi) is 5.27. The molecule has 0 aliphatic carbocycles. The highest BCUT2D eigenvalue weighted by Crippen LogP contribution is 2.15. The molecular formula is C12H17FN2O2S. The van der Waals surface area contributed by atoms with Crippen LogP contribution in [0.25, 0.3) is 0 Å². The highest BCUT2D eigenvalue weighted by molar-refractivity contribution is 7.84. The van der Waals surface area contributed by atoms with Crippen LogP contribution in [0.1, 0.15) is 23.7 Å². The number of carbonyl (C=O) groups is 1. The predicted molar refractivity (Wildman–Crippen MR) is 71.3 cm³/mol. The van der Waals surface area contributed by atoms with Crippen LogP contribution in [-0.2, 0) is 10.8 Å². The number of nitrogens with one attached hydrogen (secondary N) is 1. The molecule has 6 heteroatoms. The van der Waals surface area contributed by atoms with Crippen molar-refractivity contribution in [2.45, 2.75) is 19.4 Å². The van der Waals surface area contributed by atoms with Gasteiger partial charge in [0, 0.05) is 28.9 Å². The molecule has 1 aromatic carbocycles. The number of hydrogen-bond donors (Lipinski definition) is 2. The van der Waals surface area contributed by atoms with Gasteiger partial charge in [-0.2, -0.15) is 0 Å². The number of para-hydroxylation sites is 1. The second-order valence-electron chi connectivity index (χ2n) is 4.14. The molecule has 0 spiro atoms. The topological polar surface area (TPSA) is 72.2 Å². The maximum absolute atomic E-state index is 13.2. The summed E-state index contributed by atoms with van der Waals surface area (Å²) in [6.45, 7) is 1.81. The van der Waals surface area contributed by atoms with Crippen molar-refractivity contribution in [3.63, 3.8) is 0 Å². The van der Waals surface area contributed by atoms with Crippen LogP contribution in [0.5, 0.6) is 0 Å². The van der Waals surface area contributed by atoms with Gasteiger partial charge in [-0.3, -0.25) is 9.00 Å². The lowest BCUT2D eigenvalue weighted by atomic mass is 10.1. The Morgan fingerprint density at radius 1 is 1.56 bits per heavy atom. The van der Waals surface area contributed by atoms with Crippen LogP contribution >= 0.6 is 0 Å². The molecule has 1 aromatic rings. The fourth-order valence-electron chi connectivity index (χ4n) is 1.45. The molecule has 0 saturated heterocycles. The number of rotatable bonds is 5. The standard InChI is InChI=1S/C12H17FN2O2S/c1-8(6-7-18(2)17)15-12(16)9-4-3-5-10(13)11(9)14/h3-5,8H,6-7,14H2,1-2H3,(H,15,16). The molecule has 2 unspecified atom stereocenters. The third kappa shape index (κ3) is 4.10. The Morgan fingerprint density at radius 2 is 2.22 bits per heavy atom. The van der Waals surface area contributed by atoms with E-state index in [4.69, 9.17) is 5.73 Å². The van der Waals surface area contributed by atoms with Gasteiger partial charge in [-0.1, -0.05) is 6.07 Å². The van der Waals surface area contributed by atoms with Crippen molar-refractivity contribution >= 4 is 22.4 Å². The van der Waals surface area contributed by atoms with Crippen molar-refractivity contribution in [3.8, 4) is 0 Å². The van der Waals surface area contributed by atoms with E-state index in [1.165, 1.54) is 18.2 Å². The van der Waals surface area contributed by atoms with Crippen LogP contribution in [0.2, 0.25) is 0 Å². The first-order valence-electron chi connectivity index (χ1n) is 5.56. The molecule has 18 heavy (non-hydrogen) atoms. The second-order valence-corrected chi connectivity index (χ2v) is 5.70. The zero-order chi connectivity index (χ0) is 13.7. The van der Waals surface area contributed by atoms with Gasteiger partial charge in [-0.25, -0.2) is 4.39 Å². The quantitative estimate of drug-likeness (QED) is 0.793. The highest BCUT2D eigenvalue weighted by Gasteiger charge is 2.14. The van der Waals surface area contributed by atoms with Gasteiger partial charge in [-0.15, -0.1) is 0 Å². The molecule has 0 fully saturated rings. The molecule has 0 bridgehead atoms. The molecule has 1 amide bonds. The van der Waals surface area contributed by atoms with Crippen LogP contribution in [0, 0.1) is 5.82 Å². The van der Waals surface area contributed by atoms with Gasteiger partial charge in [0.2, 0.25) is 0 Å². The molecule has 0 aliphatic rings. The van der Waals surface area contributed by atoms with Crippen molar-refractivity contribution in [1.29, 1.82) is 0 Å². The van der Waals surface area contributed by atoms with Crippen molar-refractivity contribution < 1.29 is 13.4 Å². The molecule has 0 aliphatic heterocycles. The Labute approximate surface area is 108 Å². The van der Waals surface area contributed by atoms with E-state index in [1.54, 1.807) is 13.2 Å². The van der Waals surface area contributed by atoms with E-state index in [0.717, 1.165) is 0 Å². The lowest BCUT2D eigenvalue weighted by Gasteiger charge is -2.14. The summed E-state index contributed by atoms with van der Waals surface area (Å²) in [5, 5.41) is 2.70. The molecule has 0 aromatic heterocycles. The Hall–Kier alpha value is -1.43. The van der Waals surface area contributed by atoms with Gasteiger partial charge in [-0.05, 0) is 25.5 Å². The molecular weight excluding hydrogens is 255 g/mol. The maximum Gasteiger partial charge on any atom is 0.253 e. The number of halogens is 1. The first kappa shape index (κ1) is 14.6. The van der Waals surface area contributed by atoms with Gasteiger partial charge < -0.3 is 11.1 Å². The smallest absolute Gasteiger partial charge is 0.253 e. The number of hydrogen-bond acceptors (Lipinski definition) is 3. The largest absolute Gasteiger partial charge is 0.396 e. The number of anilines is 1. The lowest BCUT2D eigenvalue weighted by molar-refractivity contribution is 0.0940. The minimum absolute atomic E-state index is 0.125. The third-order valence-corrected chi connectivity index (χ3v) is 3.32. The van der Waals surface area contributed by atoms with Crippen molar-refractivity contribution in [2.24, 2.45) is 0 Å². The van der Waals surface area contributed by atoms with Crippen LogP contribution in [-0.4, -0.2) is 28.2 Å². The highest BCUT2D eigenvalue weighted by atomic mass is 32.2. The Bertz CT molecular complexity index is 465. The summed E-state index contributed by atoms with van der Waals surface area (Å²) >= 11 is 0. The third-order valence-electron chi connectivity index (χ3n) is 2.51. The number of benzene rings is 1. The van der Waals surface area contributed by atoms with E-state index in [9.17, 15) is 13.4 Å². The first-order chi connectivity index (χ1) is 8.41. The van der Waals surface area contributed by atoms with E-state index in [1.807, 2.05) is 0 Å². The monoisotopic (exact) mass is 272 g/mol. The van der Waals surface area contributed by atoms with E-state index in [-0.39, 0.29) is 17.3 Å². The molecule has 0 saturated carbocycles. The predicted octanol–water partition coefficient (Wildman–Crippen LogP) is 1.29. The van der Waals surface area contributed by atoms with E-state index >= 15 is 0 Å². The van der Waals surface area contributed by atoms with Crippen LogP contribution in [0.4, 0.5) is 10.1 Å². The Morgan fingerprint density at radius 3 is 2.83 bits per heavy atom. The van der Waals surface area contributed by atoms with Crippen molar-refractivity contribution in [3.05, 3.63) is 29.6 Å². The van der Waals surface area contributed by atoms with Crippen LogP contribution in [0.15, 0.2) is 18.2 Å². The SMILES string of the molecule is CC(CCS(C)=O)NC(=O)c1cccc(F)c1N. The van der Waals surface area contributed by atoms with Crippen LogP contribution in [0.3, 0.4) is 0 Å². The second kappa shape index (κ2) is 6.49. The number of nitrogens with two attached hydrogens (primary N) is 1. The summed E-state index contributed by atoms with van der Waals surface area (Å²) in [7, 11) is -0.890. The summed E-state index contributed by atoms with van der Waals surface area (Å²) in [4.78, 5) is 11.8. The number of carbonyl (C=O) groups excluding carboxylic acids is 1. The fourth-order valence-corrected chi connectivity index (χ4v) is 2.14. The average Bonchev–Trinajstić information content (AvgIpc) is 2.30. The molecule has 1 rings (SSSR count). The first-order valence-corrected chi connectivity index (χ1v) is 7.29. The molecule has 100 valence electrons. The van der Waals surface area contributed by atoms with Gasteiger partial charge in [0.25, 0.3) is 5.91 Å². The number of amides is 1. The normalized spacial score (nSPS) is 13.9. The average molecular weight is 272 g/mol. The zero-order valence-corrected chi connectivity index (χ0v) is 11.2. The Balaban J connectivity index is 2.65. The molecule has 2 atom stereocenters. The van der Waals surface area contributed by atoms with E-state index in [2.05, 4.69) is 5.32 Å². The summed E-state index contributed by atoms with van der Waals surface area (Å²) in [6, 6.07) is 3.98. The molecule has 0 heterocycles. The van der Waals surface area contributed by atoms with Crippen molar-refractivity contribution in [2.75, 3.05) is 17.7 Å². The number of nitrogen functional groups attached to an aromatic ring is 1. The summed E-state index contributed by atoms with van der Waals surface area (Å²) in [6.07, 6.45) is 2.21. The molecule has 0 radical (unpaired) electrons. The van der Waals surface area contributed by atoms with E-state index in [0.29, 0.717) is 12.2 Å². The lowest BCUT2D eigenvalue weighted by Crippen LogP contribution is -2.34. The van der Waals surface area contributed by atoms with Gasteiger partial charge in [0.05, 0.1) is 11.3 Å². The zero-order valence-electron chi connectivity index (χ0n) is 10.4. The van der Waals surface area contributed by atoms with Crippen LogP contribution < -0.4 is 11.1 Å². The van der Waals surface area contributed by atoms with Gasteiger partial charge >= 0.3 is 0 Å². The molecule has 4 nitrogen and oxygen atoms in total. The summed E-state index contributed by atoms with van der Waals surface area (Å²) in [5.41, 5.74) is 5.47. The van der Waals surface area contributed by atoms with E-state index < -0.39 is 22.5 Å². The van der Waals surface area contributed by atoms with Gasteiger partial charge in [0.15, 0.2) is 0 Å². The minimum atomic E-state index is -0.890. The summed E-state index contributed by atoms with van der Waals surface area (Å²) < 4.78 is 24.1. The maximum atomic E-state index is 13.2. The minimum Gasteiger partial charge on any atom is -0.396 e. The summed E-state index contributed by atoms with van der Waals surface area (Å²) in [5.74, 6) is -0.508. The van der Waals surface area contributed by atoms with Gasteiger partial charge in [0.1, 0.15) is 5.82 Å². The fraction of sp³-hybridized carbons (Fsp3) is 0.417. The van der Waals surface area contributed by atoms with Crippen molar-refractivity contribution in [1.82, 2.24) is 5.32 Å².